The quantitative estimate of drug-likeness (QED) is 0.465. The Morgan fingerprint density at radius 1 is 0.848 bits per heavy atom. The molecule has 0 bridgehead atoms. The average molecular weight is 461 g/mol. The zero-order valence-electron chi connectivity index (χ0n) is 17.5. The van der Waals surface area contributed by atoms with Crippen molar-refractivity contribution in [1.82, 2.24) is 4.98 Å². The van der Waals surface area contributed by atoms with E-state index in [-0.39, 0.29) is 17.2 Å². The van der Waals surface area contributed by atoms with Gasteiger partial charge in [0.1, 0.15) is 30.5 Å². The van der Waals surface area contributed by atoms with Crippen molar-refractivity contribution in [2.45, 2.75) is 18.1 Å². The van der Waals surface area contributed by atoms with Crippen LogP contribution in [-0.4, -0.2) is 25.1 Å². The lowest BCUT2D eigenvalue weighted by molar-refractivity contribution is -0.114. The second kappa shape index (κ2) is 8.55. The van der Waals surface area contributed by atoms with Crippen molar-refractivity contribution in [3.05, 3.63) is 90.1 Å². The minimum absolute atomic E-state index is 0.0690. The van der Waals surface area contributed by atoms with Crippen LogP contribution in [0.1, 0.15) is 11.3 Å². The maximum absolute atomic E-state index is 12.3. The van der Waals surface area contributed by atoms with Gasteiger partial charge < -0.3 is 14.8 Å². The van der Waals surface area contributed by atoms with Gasteiger partial charge in [-0.15, -0.1) is 0 Å². The first-order valence-electron chi connectivity index (χ1n) is 10.3. The summed E-state index contributed by atoms with van der Waals surface area (Å²) in [6.45, 7) is 0.570. The molecule has 0 saturated heterocycles. The van der Waals surface area contributed by atoms with E-state index in [0.717, 1.165) is 22.2 Å². The maximum Gasteiger partial charge on any atom is 0.239 e. The Kier molecular flexibility index (Phi) is 5.43. The third-order valence-electron chi connectivity index (χ3n) is 5.23. The van der Waals surface area contributed by atoms with Gasteiger partial charge in [-0.05, 0) is 42.0 Å². The monoisotopic (exact) mass is 460 g/mol. The maximum atomic E-state index is 12.3. The summed E-state index contributed by atoms with van der Waals surface area (Å²) in [5.74, 6) is -0.0108. The molecule has 4 aromatic rings. The molecular weight excluding hydrogens is 440 g/mol. The smallest absolute Gasteiger partial charge is 0.239 e. The molecule has 1 aromatic heterocycles. The van der Waals surface area contributed by atoms with Crippen LogP contribution in [0.2, 0.25) is 0 Å². The van der Waals surface area contributed by atoms with E-state index in [1.165, 1.54) is 12.1 Å². The summed E-state index contributed by atoms with van der Waals surface area (Å²) in [4.78, 5) is 16.2. The van der Waals surface area contributed by atoms with E-state index in [1.54, 1.807) is 6.07 Å². The number of aromatic nitrogens is 1. The van der Waals surface area contributed by atoms with Gasteiger partial charge in [0.05, 0.1) is 21.8 Å². The Labute approximate surface area is 190 Å². The van der Waals surface area contributed by atoms with Crippen molar-refractivity contribution >= 4 is 32.3 Å². The summed E-state index contributed by atoms with van der Waals surface area (Å²) in [5.41, 5.74) is 2.90. The number of nitrogens with zero attached hydrogens (tertiary/aromatic N) is 1. The molecule has 3 aromatic carbocycles. The molecule has 0 aliphatic carbocycles. The molecule has 1 aliphatic rings. The summed E-state index contributed by atoms with van der Waals surface area (Å²) in [6, 6.07) is 24.0. The van der Waals surface area contributed by atoms with Gasteiger partial charge in [0.25, 0.3) is 0 Å². The fraction of sp³-hybridized carbons (Fsp3) is 0.120. The van der Waals surface area contributed by atoms with Crippen LogP contribution in [0.4, 0.5) is 5.69 Å². The molecule has 1 aliphatic heterocycles. The van der Waals surface area contributed by atoms with E-state index in [1.807, 2.05) is 60.7 Å². The Morgan fingerprint density at radius 2 is 1.67 bits per heavy atom. The number of pyridine rings is 1. The number of nitrogens with one attached hydrogen (secondary N) is 1. The molecule has 2 heterocycles. The van der Waals surface area contributed by atoms with Gasteiger partial charge in [0, 0.05) is 11.5 Å². The van der Waals surface area contributed by atoms with Crippen LogP contribution in [0.3, 0.4) is 0 Å². The van der Waals surface area contributed by atoms with E-state index in [9.17, 15) is 13.2 Å². The first-order valence-corrected chi connectivity index (χ1v) is 12.0. The first kappa shape index (κ1) is 21.0. The first-order chi connectivity index (χ1) is 16.0. The van der Waals surface area contributed by atoms with Crippen LogP contribution < -0.4 is 14.8 Å². The highest BCUT2D eigenvalue weighted by Gasteiger charge is 2.29. The molecule has 166 valence electrons. The Bertz CT molecular complexity index is 1470. The van der Waals surface area contributed by atoms with Gasteiger partial charge in [0.15, 0.2) is 9.84 Å². The molecule has 5 rings (SSSR count). The van der Waals surface area contributed by atoms with Crippen molar-refractivity contribution in [3.63, 3.8) is 0 Å². The molecule has 0 unspecified atom stereocenters. The highest BCUT2D eigenvalue weighted by molar-refractivity contribution is 7.92. The highest BCUT2D eigenvalue weighted by Crippen LogP contribution is 2.31. The zero-order chi connectivity index (χ0) is 22.8. The number of para-hydroxylation sites is 1. The molecule has 0 atom stereocenters. The van der Waals surface area contributed by atoms with Crippen LogP contribution in [-0.2, 0) is 27.8 Å². The van der Waals surface area contributed by atoms with E-state index in [0.29, 0.717) is 18.1 Å². The number of sulfone groups is 1. The predicted octanol–water partition coefficient (Wildman–Crippen LogP) is 4.12. The Morgan fingerprint density at radius 3 is 2.58 bits per heavy atom. The van der Waals surface area contributed by atoms with Crippen LogP contribution in [0.5, 0.6) is 11.5 Å². The van der Waals surface area contributed by atoms with E-state index >= 15 is 0 Å². The van der Waals surface area contributed by atoms with Crippen molar-refractivity contribution in [1.29, 1.82) is 0 Å². The molecule has 0 fully saturated rings. The highest BCUT2D eigenvalue weighted by atomic mass is 32.2. The third kappa shape index (κ3) is 4.65. The standard InChI is InChI=1S/C25H20N2O5S/c28-25-16-33(29,30)24-13-21(10-11-23(24)27-25)31-14-17-4-3-6-20(12-17)32-15-19-9-8-18-5-1-2-7-22(18)26-19/h1-13H,14-16H2,(H,27,28). The van der Waals surface area contributed by atoms with Crippen molar-refractivity contribution < 1.29 is 22.7 Å². The number of fused-ring (bicyclic) bond motifs is 2. The summed E-state index contributed by atoms with van der Waals surface area (Å²) < 4.78 is 36.3. The topological polar surface area (TPSA) is 94.6 Å². The normalized spacial score (nSPS) is 14.4. The lowest BCUT2D eigenvalue weighted by Gasteiger charge is -2.18. The molecule has 1 amide bonds. The summed E-state index contributed by atoms with van der Waals surface area (Å²) in [5, 5.41) is 3.65. The summed E-state index contributed by atoms with van der Waals surface area (Å²) in [7, 11) is -3.67. The summed E-state index contributed by atoms with van der Waals surface area (Å²) in [6.07, 6.45) is 0. The number of rotatable bonds is 6. The molecule has 33 heavy (non-hydrogen) atoms. The van der Waals surface area contributed by atoms with Gasteiger partial charge in [-0.25, -0.2) is 13.4 Å². The number of amides is 1. The van der Waals surface area contributed by atoms with Crippen molar-refractivity contribution in [3.8, 4) is 11.5 Å². The largest absolute Gasteiger partial charge is 0.489 e. The minimum atomic E-state index is -3.67. The predicted molar refractivity (Wildman–Crippen MR) is 124 cm³/mol. The van der Waals surface area contributed by atoms with E-state index < -0.39 is 21.5 Å². The molecule has 7 nitrogen and oxygen atoms in total. The Balaban J connectivity index is 1.25. The minimum Gasteiger partial charge on any atom is -0.489 e. The van der Waals surface area contributed by atoms with Crippen LogP contribution in [0.15, 0.2) is 83.8 Å². The van der Waals surface area contributed by atoms with Gasteiger partial charge in [-0.3, -0.25) is 4.79 Å². The van der Waals surface area contributed by atoms with Crippen LogP contribution in [0, 0.1) is 0 Å². The summed E-state index contributed by atoms with van der Waals surface area (Å²) >= 11 is 0. The van der Waals surface area contributed by atoms with Gasteiger partial charge in [-0.2, -0.15) is 0 Å². The fourth-order valence-corrected chi connectivity index (χ4v) is 4.95. The molecule has 8 heteroatoms. The van der Waals surface area contributed by atoms with Gasteiger partial charge in [0.2, 0.25) is 5.91 Å². The molecular formula is C25H20N2O5S. The number of carbonyl (C=O) groups excluding carboxylic acids is 1. The average Bonchev–Trinajstić information content (AvgIpc) is 2.81. The zero-order valence-corrected chi connectivity index (χ0v) is 18.3. The van der Waals surface area contributed by atoms with Crippen molar-refractivity contribution in [2.24, 2.45) is 0 Å². The van der Waals surface area contributed by atoms with Gasteiger partial charge in [-0.1, -0.05) is 36.4 Å². The number of carbonyl (C=O) groups is 1. The van der Waals surface area contributed by atoms with Crippen molar-refractivity contribution in [2.75, 3.05) is 11.1 Å². The number of anilines is 1. The number of ether oxygens (including phenoxy) is 2. The Hall–Kier alpha value is -3.91. The second-order valence-electron chi connectivity index (χ2n) is 7.69. The number of hydrogen-bond acceptors (Lipinski definition) is 6. The molecule has 0 spiro atoms. The molecule has 1 N–H and O–H groups in total. The third-order valence-corrected chi connectivity index (χ3v) is 6.88. The van der Waals surface area contributed by atoms with E-state index in [2.05, 4.69) is 10.3 Å². The lowest BCUT2D eigenvalue weighted by atomic mass is 10.2. The SMILES string of the molecule is O=C1CS(=O)(=O)c2cc(OCc3cccc(OCc4ccc5ccccc5n4)c3)ccc2N1. The molecule has 0 saturated carbocycles. The number of benzene rings is 3. The second-order valence-corrected chi connectivity index (χ2v) is 9.64. The van der Waals surface area contributed by atoms with Crippen LogP contribution >= 0.6 is 0 Å². The van der Waals surface area contributed by atoms with Crippen LogP contribution in [0.25, 0.3) is 10.9 Å². The molecule has 0 radical (unpaired) electrons. The fourth-order valence-electron chi connectivity index (χ4n) is 3.63. The lowest BCUT2D eigenvalue weighted by Crippen LogP contribution is -2.29. The van der Waals surface area contributed by atoms with E-state index in [4.69, 9.17) is 9.47 Å². The number of hydrogen-bond donors (Lipinski definition) is 1. The van der Waals surface area contributed by atoms with Gasteiger partial charge >= 0.3 is 0 Å².